The molecule has 4 heterocycles. The smallest absolute Gasteiger partial charge is 0.238 e. The van der Waals surface area contributed by atoms with Crippen molar-refractivity contribution in [2.75, 3.05) is 10.2 Å². The molecule has 1 spiro atoms. The summed E-state index contributed by atoms with van der Waals surface area (Å²) < 4.78 is 5.56. The van der Waals surface area contributed by atoms with Gasteiger partial charge in [0.2, 0.25) is 11.7 Å². The van der Waals surface area contributed by atoms with E-state index in [1.165, 1.54) is 6.26 Å². The molecule has 0 aliphatic carbocycles. The number of Topliss-reactive ketones (excluding diaryl/α,β-unsaturated/α-hetero) is 2. The number of carbonyl (C=O) groups excluding carboxylic acids is 3. The minimum absolute atomic E-state index is 0.0887. The fourth-order valence-electron chi connectivity index (χ4n) is 6.40. The molecule has 182 valence electrons. The predicted molar refractivity (Wildman–Crippen MR) is 138 cm³/mol. The van der Waals surface area contributed by atoms with Crippen LogP contribution in [0.1, 0.15) is 49.4 Å². The number of fused-ring (bicyclic) bond motifs is 6. The summed E-state index contributed by atoms with van der Waals surface area (Å²) in [4.78, 5) is 44.8. The van der Waals surface area contributed by atoms with E-state index in [1.54, 1.807) is 12.1 Å². The van der Waals surface area contributed by atoms with E-state index in [4.69, 9.17) is 4.42 Å². The SMILES string of the molecule is CC1=C[C@@H]2N(c3ccccc31)[C@H](C(=O)C(C)(C)C)[C@@H](C(=O)c1ccco1)[C@]21C(=O)Nc2ccccc21. The Morgan fingerprint density at radius 3 is 2.44 bits per heavy atom. The van der Waals surface area contributed by atoms with Crippen LogP contribution in [0.2, 0.25) is 0 Å². The van der Waals surface area contributed by atoms with Gasteiger partial charge in [-0.05, 0) is 42.3 Å². The Balaban J connectivity index is 1.72. The van der Waals surface area contributed by atoms with Crippen LogP contribution < -0.4 is 10.2 Å². The summed E-state index contributed by atoms with van der Waals surface area (Å²) >= 11 is 0. The Morgan fingerprint density at radius 2 is 1.72 bits per heavy atom. The summed E-state index contributed by atoms with van der Waals surface area (Å²) in [6.07, 6.45) is 3.51. The van der Waals surface area contributed by atoms with Crippen molar-refractivity contribution in [2.45, 2.75) is 45.2 Å². The molecule has 0 radical (unpaired) electrons. The molecule has 1 fully saturated rings. The molecule has 3 aromatic rings. The number of carbonyl (C=O) groups is 3. The number of para-hydroxylation sites is 2. The van der Waals surface area contributed by atoms with Crippen LogP contribution in [-0.4, -0.2) is 29.6 Å². The van der Waals surface area contributed by atoms with E-state index in [0.29, 0.717) is 5.69 Å². The van der Waals surface area contributed by atoms with E-state index in [2.05, 4.69) is 11.4 Å². The molecule has 4 atom stereocenters. The van der Waals surface area contributed by atoms with Gasteiger partial charge in [-0.15, -0.1) is 0 Å². The third-order valence-electron chi connectivity index (χ3n) is 7.94. The van der Waals surface area contributed by atoms with Gasteiger partial charge in [0.25, 0.3) is 0 Å². The molecule has 1 saturated heterocycles. The standard InChI is InChI=1S/C30H28N2O4/c1-17-16-23-30(19-11-6-7-12-20(19)31-28(30)35)24(26(33)22-14-9-15-36-22)25(27(34)29(2,3)4)32(23)21-13-8-5-10-18(17)21/h5-16,23-25H,1-4H3,(H,31,35)/t23-,24-,25-,30+/m0/s1. The highest BCUT2D eigenvalue weighted by Crippen LogP contribution is 2.59. The lowest BCUT2D eigenvalue weighted by molar-refractivity contribution is -0.128. The van der Waals surface area contributed by atoms with E-state index in [1.807, 2.05) is 81.1 Å². The Bertz CT molecular complexity index is 1450. The molecule has 6 heteroatoms. The minimum Gasteiger partial charge on any atom is -0.461 e. The van der Waals surface area contributed by atoms with Crippen LogP contribution in [-0.2, 0) is 15.0 Å². The van der Waals surface area contributed by atoms with Crippen LogP contribution in [0.4, 0.5) is 11.4 Å². The summed E-state index contributed by atoms with van der Waals surface area (Å²) in [6.45, 7) is 7.61. The van der Waals surface area contributed by atoms with Crippen molar-refractivity contribution < 1.29 is 18.8 Å². The van der Waals surface area contributed by atoms with Crippen molar-refractivity contribution in [1.29, 1.82) is 0 Å². The van der Waals surface area contributed by atoms with Crippen LogP contribution in [0.3, 0.4) is 0 Å². The van der Waals surface area contributed by atoms with Gasteiger partial charge >= 0.3 is 0 Å². The van der Waals surface area contributed by atoms with Crippen molar-refractivity contribution in [3.63, 3.8) is 0 Å². The highest BCUT2D eigenvalue weighted by atomic mass is 16.3. The lowest BCUT2D eigenvalue weighted by Crippen LogP contribution is -2.51. The molecule has 1 amide bonds. The molecule has 1 N–H and O–H groups in total. The molecule has 6 nitrogen and oxygen atoms in total. The van der Waals surface area contributed by atoms with Gasteiger partial charge in [0.15, 0.2) is 11.5 Å². The van der Waals surface area contributed by atoms with E-state index >= 15 is 0 Å². The third-order valence-corrected chi connectivity index (χ3v) is 7.94. The normalized spacial score (nSPS) is 26.2. The number of hydrogen-bond acceptors (Lipinski definition) is 5. The average molecular weight is 481 g/mol. The second-order valence-corrected chi connectivity index (χ2v) is 11.0. The van der Waals surface area contributed by atoms with Crippen molar-refractivity contribution in [1.82, 2.24) is 0 Å². The first-order valence-electron chi connectivity index (χ1n) is 12.3. The fourth-order valence-corrected chi connectivity index (χ4v) is 6.40. The molecule has 36 heavy (non-hydrogen) atoms. The number of nitrogens with zero attached hydrogens (tertiary/aromatic N) is 1. The summed E-state index contributed by atoms with van der Waals surface area (Å²) in [5.74, 6) is -1.53. The van der Waals surface area contributed by atoms with Gasteiger partial charge in [0.05, 0.1) is 18.2 Å². The fraction of sp³-hybridized carbons (Fsp3) is 0.300. The summed E-state index contributed by atoms with van der Waals surface area (Å²) in [7, 11) is 0. The second kappa shape index (κ2) is 7.53. The molecule has 0 bridgehead atoms. The summed E-state index contributed by atoms with van der Waals surface area (Å²) in [5, 5.41) is 3.04. The van der Waals surface area contributed by atoms with Gasteiger partial charge in [-0.25, -0.2) is 0 Å². The van der Waals surface area contributed by atoms with Crippen molar-refractivity contribution in [3.05, 3.63) is 89.9 Å². The van der Waals surface area contributed by atoms with E-state index in [0.717, 1.165) is 22.4 Å². The maximum Gasteiger partial charge on any atom is 0.238 e. The number of anilines is 2. The van der Waals surface area contributed by atoms with Crippen LogP contribution in [0, 0.1) is 11.3 Å². The monoisotopic (exact) mass is 480 g/mol. The molecule has 1 aromatic heterocycles. The highest BCUT2D eigenvalue weighted by molar-refractivity contribution is 6.16. The van der Waals surface area contributed by atoms with E-state index < -0.39 is 28.8 Å². The molecule has 6 rings (SSSR count). The number of benzene rings is 2. The summed E-state index contributed by atoms with van der Waals surface area (Å²) in [5.41, 5.74) is 2.22. The average Bonchev–Trinajstić information content (AvgIpc) is 3.55. The molecule has 2 aromatic carbocycles. The van der Waals surface area contributed by atoms with Crippen molar-refractivity contribution >= 4 is 34.4 Å². The van der Waals surface area contributed by atoms with Crippen molar-refractivity contribution in [3.8, 4) is 0 Å². The topological polar surface area (TPSA) is 79.6 Å². The summed E-state index contributed by atoms with van der Waals surface area (Å²) in [6, 6.07) is 17.3. The lowest BCUT2D eigenvalue weighted by Gasteiger charge is -2.39. The maximum atomic E-state index is 14.3. The first-order valence-corrected chi connectivity index (χ1v) is 12.3. The number of ketones is 2. The Morgan fingerprint density at radius 1 is 1.00 bits per heavy atom. The minimum atomic E-state index is -1.30. The zero-order valence-electron chi connectivity index (χ0n) is 20.7. The van der Waals surface area contributed by atoms with Crippen LogP contribution >= 0.6 is 0 Å². The second-order valence-electron chi connectivity index (χ2n) is 11.0. The molecular weight excluding hydrogens is 452 g/mol. The maximum absolute atomic E-state index is 14.3. The number of rotatable bonds is 3. The first kappa shape index (κ1) is 22.5. The van der Waals surface area contributed by atoms with Crippen LogP contribution in [0.5, 0.6) is 0 Å². The number of hydrogen-bond donors (Lipinski definition) is 1. The predicted octanol–water partition coefficient (Wildman–Crippen LogP) is 5.26. The molecular formula is C30H28N2O4. The third kappa shape index (κ3) is 2.81. The first-order chi connectivity index (χ1) is 17.2. The molecule has 0 saturated carbocycles. The van der Waals surface area contributed by atoms with Gasteiger partial charge in [-0.2, -0.15) is 0 Å². The van der Waals surface area contributed by atoms with Gasteiger partial charge in [-0.1, -0.05) is 63.2 Å². The van der Waals surface area contributed by atoms with Gasteiger partial charge in [0.1, 0.15) is 11.5 Å². The Labute approximate surface area is 210 Å². The zero-order valence-corrected chi connectivity index (χ0v) is 20.7. The largest absolute Gasteiger partial charge is 0.461 e. The highest BCUT2D eigenvalue weighted by Gasteiger charge is 2.71. The van der Waals surface area contributed by atoms with Crippen LogP contribution in [0.15, 0.2) is 77.4 Å². The molecule has 3 aliphatic rings. The lowest BCUT2D eigenvalue weighted by atomic mass is 9.63. The number of amides is 1. The van der Waals surface area contributed by atoms with Gasteiger partial charge in [-0.3, -0.25) is 14.4 Å². The Kier molecular flexibility index (Phi) is 4.71. The molecule has 0 unspecified atom stereocenters. The van der Waals surface area contributed by atoms with Crippen molar-refractivity contribution in [2.24, 2.45) is 11.3 Å². The van der Waals surface area contributed by atoms with Gasteiger partial charge in [0, 0.05) is 22.4 Å². The quantitative estimate of drug-likeness (QED) is 0.518. The number of nitrogens with one attached hydrogen (secondary N) is 1. The number of furan rings is 1. The number of allylic oxidation sites excluding steroid dienone is 1. The zero-order chi connectivity index (χ0) is 25.4. The molecule has 3 aliphatic heterocycles. The Hall–Kier alpha value is -3.93. The van der Waals surface area contributed by atoms with E-state index in [-0.39, 0.29) is 23.2 Å². The van der Waals surface area contributed by atoms with Gasteiger partial charge < -0.3 is 14.6 Å². The van der Waals surface area contributed by atoms with E-state index in [9.17, 15) is 14.4 Å². The van der Waals surface area contributed by atoms with Crippen LogP contribution in [0.25, 0.3) is 5.57 Å².